The number of carbonyl (C=O) groups is 1. The first-order chi connectivity index (χ1) is 16.5. The van der Waals surface area contributed by atoms with E-state index in [0.29, 0.717) is 34.0 Å². The summed E-state index contributed by atoms with van der Waals surface area (Å²) in [5, 5.41) is 4.35. The number of halogens is 1. The van der Waals surface area contributed by atoms with E-state index in [4.69, 9.17) is 16.3 Å². The quantitative estimate of drug-likeness (QED) is 0.282. The Hall–Kier alpha value is -3.29. The van der Waals surface area contributed by atoms with E-state index < -0.39 is 0 Å². The number of nitrogens with zero attached hydrogens (tertiary/aromatic N) is 2. The number of fused-ring (bicyclic) bond motifs is 1. The highest BCUT2D eigenvalue weighted by Gasteiger charge is 2.16. The number of hydrogen-bond donors (Lipinski definition) is 1. The average molecular weight is 494 g/mol. The van der Waals surface area contributed by atoms with Crippen molar-refractivity contribution in [3.8, 4) is 11.4 Å². The van der Waals surface area contributed by atoms with Crippen molar-refractivity contribution in [3.63, 3.8) is 0 Å². The van der Waals surface area contributed by atoms with Crippen molar-refractivity contribution in [1.82, 2.24) is 14.9 Å². The molecule has 0 aliphatic heterocycles. The van der Waals surface area contributed by atoms with Crippen LogP contribution in [0.4, 0.5) is 0 Å². The zero-order valence-electron chi connectivity index (χ0n) is 18.9. The van der Waals surface area contributed by atoms with Gasteiger partial charge < -0.3 is 10.1 Å². The largest absolute Gasteiger partial charge is 0.497 e. The van der Waals surface area contributed by atoms with Gasteiger partial charge in [0.25, 0.3) is 5.56 Å². The highest BCUT2D eigenvalue weighted by Crippen LogP contribution is 2.24. The Labute approximate surface area is 206 Å². The number of para-hydroxylation sites is 1. The maximum absolute atomic E-state index is 13.4. The van der Waals surface area contributed by atoms with Crippen LogP contribution in [0.15, 0.2) is 76.7 Å². The lowest BCUT2D eigenvalue weighted by Gasteiger charge is -2.15. The molecule has 8 heteroatoms. The Morgan fingerprint density at radius 2 is 1.88 bits per heavy atom. The number of carbonyl (C=O) groups excluding carboxylic acids is 1. The van der Waals surface area contributed by atoms with Crippen LogP contribution < -0.4 is 15.6 Å². The molecule has 1 amide bonds. The van der Waals surface area contributed by atoms with Crippen LogP contribution in [0.1, 0.15) is 11.1 Å². The van der Waals surface area contributed by atoms with Gasteiger partial charge in [0.05, 0.1) is 29.5 Å². The zero-order valence-corrected chi connectivity index (χ0v) is 20.4. The minimum atomic E-state index is -0.196. The van der Waals surface area contributed by atoms with Crippen LogP contribution in [0.5, 0.6) is 5.75 Å². The van der Waals surface area contributed by atoms with Gasteiger partial charge in [-0.1, -0.05) is 53.7 Å². The fourth-order valence-electron chi connectivity index (χ4n) is 3.58. The van der Waals surface area contributed by atoms with E-state index in [1.54, 1.807) is 29.9 Å². The predicted octanol–water partition coefficient (Wildman–Crippen LogP) is 4.81. The number of nitrogens with one attached hydrogen (secondary N) is 1. The minimum Gasteiger partial charge on any atom is -0.497 e. The van der Waals surface area contributed by atoms with Gasteiger partial charge in [-0.2, -0.15) is 0 Å². The number of benzene rings is 3. The number of thioether (sulfide) groups is 1. The molecule has 0 atom stereocenters. The number of aryl methyl sites for hydroxylation is 1. The van der Waals surface area contributed by atoms with Crippen LogP contribution >= 0.6 is 23.4 Å². The third-order valence-corrected chi connectivity index (χ3v) is 6.56. The van der Waals surface area contributed by atoms with Gasteiger partial charge in [0.15, 0.2) is 5.16 Å². The van der Waals surface area contributed by atoms with Gasteiger partial charge in [-0.15, -0.1) is 0 Å². The number of hydrogen-bond acceptors (Lipinski definition) is 5. The number of rotatable bonds is 8. The van der Waals surface area contributed by atoms with E-state index in [-0.39, 0.29) is 17.2 Å². The van der Waals surface area contributed by atoms with E-state index in [0.717, 1.165) is 22.6 Å². The summed E-state index contributed by atoms with van der Waals surface area (Å²) < 4.78 is 6.74. The zero-order chi connectivity index (χ0) is 24.1. The second-order valence-corrected chi connectivity index (χ2v) is 9.10. The lowest BCUT2D eigenvalue weighted by Crippen LogP contribution is -2.28. The van der Waals surface area contributed by atoms with Crippen LogP contribution in [0, 0.1) is 6.92 Å². The van der Waals surface area contributed by atoms with Crippen molar-refractivity contribution in [2.45, 2.75) is 18.5 Å². The lowest BCUT2D eigenvalue weighted by atomic mass is 10.1. The van der Waals surface area contributed by atoms with Crippen molar-refractivity contribution in [2.75, 3.05) is 19.4 Å². The first-order valence-corrected chi connectivity index (χ1v) is 12.1. The Morgan fingerprint density at radius 1 is 1.12 bits per heavy atom. The van der Waals surface area contributed by atoms with Gasteiger partial charge in [0.1, 0.15) is 5.75 Å². The number of methoxy groups -OCH3 is 1. The van der Waals surface area contributed by atoms with Crippen LogP contribution in [-0.2, 0) is 11.2 Å². The van der Waals surface area contributed by atoms with Crippen LogP contribution in [-0.4, -0.2) is 34.9 Å². The first-order valence-electron chi connectivity index (χ1n) is 10.8. The third-order valence-electron chi connectivity index (χ3n) is 5.38. The summed E-state index contributed by atoms with van der Waals surface area (Å²) in [4.78, 5) is 30.6. The van der Waals surface area contributed by atoms with Gasteiger partial charge in [0, 0.05) is 11.6 Å². The molecular weight excluding hydrogens is 470 g/mol. The minimum absolute atomic E-state index is 0.129. The summed E-state index contributed by atoms with van der Waals surface area (Å²) in [6.45, 7) is 2.45. The molecule has 6 nitrogen and oxygen atoms in total. The standard InChI is InChI=1S/C26H24ClN3O3S/c1-17-5-3-4-6-23(17)30-25(32)21-12-9-19(27)15-22(21)29-26(30)34-16-24(31)28-14-13-18-7-10-20(33-2)11-8-18/h3-12,15H,13-14,16H2,1-2H3,(H,28,31). The van der Waals surface area contributed by atoms with Crippen molar-refractivity contribution < 1.29 is 9.53 Å². The second-order valence-electron chi connectivity index (χ2n) is 7.72. The molecule has 1 aromatic heterocycles. The molecule has 3 aromatic carbocycles. The molecule has 4 rings (SSSR count). The molecule has 0 aliphatic carbocycles. The van der Waals surface area contributed by atoms with Crippen molar-refractivity contribution in [3.05, 3.63) is 93.2 Å². The summed E-state index contributed by atoms with van der Waals surface area (Å²) in [5.41, 5.74) is 3.09. The van der Waals surface area contributed by atoms with Gasteiger partial charge in [-0.05, 0) is 60.9 Å². The predicted molar refractivity (Wildman–Crippen MR) is 138 cm³/mol. The van der Waals surface area contributed by atoms with Crippen LogP contribution in [0.25, 0.3) is 16.6 Å². The molecule has 34 heavy (non-hydrogen) atoms. The van der Waals surface area contributed by atoms with E-state index in [1.165, 1.54) is 11.8 Å². The SMILES string of the molecule is COc1ccc(CCNC(=O)CSc2nc3cc(Cl)ccc3c(=O)n2-c2ccccc2C)cc1. The molecule has 4 aromatic rings. The van der Waals surface area contributed by atoms with Crippen LogP contribution in [0.2, 0.25) is 5.02 Å². The molecular formula is C26H24ClN3O3S. The van der Waals surface area contributed by atoms with E-state index in [1.807, 2.05) is 55.5 Å². The van der Waals surface area contributed by atoms with Crippen molar-refractivity contribution in [2.24, 2.45) is 0 Å². The molecule has 1 heterocycles. The highest BCUT2D eigenvalue weighted by molar-refractivity contribution is 7.99. The Kier molecular flexibility index (Phi) is 7.55. The number of ether oxygens (including phenoxy) is 1. The van der Waals surface area contributed by atoms with Crippen molar-refractivity contribution >= 4 is 40.2 Å². The fraction of sp³-hybridized carbons (Fsp3) is 0.192. The summed E-state index contributed by atoms with van der Waals surface area (Å²) in [6, 6.07) is 20.4. The van der Waals surface area contributed by atoms with Gasteiger partial charge in [-0.3, -0.25) is 14.2 Å². The van der Waals surface area contributed by atoms with Crippen LogP contribution in [0.3, 0.4) is 0 Å². The summed E-state index contributed by atoms with van der Waals surface area (Å²) in [5.74, 6) is 0.802. The lowest BCUT2D eigenvalue weighted by molar-refractivity contribution is -0.118. The van der Waals surface area contributed by atoms with Gasteiger partial charge in [-0.25, -0.2) is 4.98 Å². The number of aromatic nitrogens is 2. The monoisotopic (exact) mass is 493 g/mol. The van der Waals surface area contributed by atoms with E-state index >= 15 is 0 Å². The highest BCUT2D eigenvalue weighted by atomic mass is 35.5. The topological polar surface area (TPSA) is 73.2 Å². The molecule has 0 saturated carbocycles. The molecule has 0 saturated heterocycles. The Balaban J connectivity index is 1.52. The van der Waals surface area contributed by atoms with E-state index in [2.05, 4.69) is 10.3 Å². The molecule has 1 N–H and O–H groups in total. The Bertz CT molecular complexity index is 1390. The average Bonchev–Trinajstić information content (AvgIpc) is 2.84. The third kappa shape index (κ3) is 5.43. The maximum atomic E-state index is 13.4. The second kappa shape index (κ2) is 10.8. The van der Waals surface area contributed by atoms with Gasteiger partial charge >= 0.3 is 0 Å². The maximum Gasteiger partial charge on any atom is 0.266 e. The van der Waals surface area contributed by atoms with E-state index in [9.17, 15) is 9.59 Å². The summed E-state index contributed by atoms with van der Waals surface area (Å²) in [7, 11) is 1.63. The molecule has 0 unspecified atom stereocenters. The molecule has 0 bridgehead atoms. The van der Waals surface area contributed by atoms with Gasteiger partial charge in [0.2, 0.25) is 5.91 Å². The molecule has 0 fully saturated rings. The fourth-order valence-corrected chi connectivity index (χ4v) is 4.58. The normalized spacial score (nSPS) is 10.9. The molecule has 0 aliphatic rings. The summed E-state index contributed by atoms with van der Waals surface area (Å²) >= 11 is 7.36. The number of amides is 1. The van der Waals surface area contributed by atoms with Crippen molar-refractivity contribution in [1.29, 1.82) is 0 Å². The smallest absolute Gasteiger partial charge is 0.266 e. The summed E-state index contributed by atoms with van der Waals surface area (Å²) in [6.07, 6.45) is 0.709. The molecule has 174 valence electrons. The molecule has 0 spiro atoms. The Morgan fingerprint density at radius 3 is 2.62 bits per heavy atom. The first kappa shape index (κ1) is 23.9. The molecule has 0 radical (unpaired) electrons.